The maximum atomic E-state index is 11.9. The molecule has 0 bridgehead atoms. The Kier molecular flexibility index (Phi) is 4.09. The molecule has 3 nitrogen and oxygen atoms in total. The summed E-state index contributed by atoms with van der Waals surface area (Å²) in [7, 11) is 0. The highest BCUT2D eigenvalue weighted by Gasteiger charge is 2.39. The summed E-state index contributed by atoms with van der Waals surface area (Å²) in [6, 6.07) is 0.125. The van der Waals surface area contributed by atoms with E-state index in [1.807, 2.05) is 20.8 Å². The van der Waals surface area contributed by atoms with Gasteiger partial charge in [-0.05, 0) is 40.5 Å². The average Bonchev–Trinajstić information content (AvgIpc) is 2.51. The van der Waals surface area contributed by atoms with Crippen LogP contribution in [0.3, 0.4) is 0 Å². The van der Waals surface area contributed by atoms with E-state index in [-0.39, 0.29) is 16.3 Å². The SMILES string of the molecule is C[C@@H](N[S@@+]([O-])C(C)(C)C)C1(N)CCCC1. The van der Waals surface area contributed by atoms with E-state index in [0.717, 1.165) is 12.8 Å². The number of hydrogen-bond donors (Lipinski definition) is 2. The molecule has 0 spiro atoms. The van der Waals surface area contributed by atoms with Gasteiger partial charge in [-0.25, -0.2) is 0 Å². The van der Waals surface area contributed by atoms with Crippen molar-refractivity contribution < 1.29 is 4.55 Å². The Morgan fingerprint density at radius 1 is 1.33 bits per heavy atom. The molecule has 1 aliphatic rings. The van der Waals surface area contributed by atoms with Crippen LogP contribution in [-0.2, 0) is 11.4 Å². The van der Waals surface area contributed by atoms with Crippen molar-refractivity contribution in [3.8, 4) is 0 Å². The molecule has 90 valence electrons. The zero-order valence-corrected chi connectivity index (χ0v) is 11.1. The first-order valence-electron chi connectivity index (χ1n) is 5.73. The fourth-order valence-corrected chi connectivity index (χ4v) is 2.83. The summed E-state index contributed by atoms with van der Waals surface area (Å²) in [5, 5.41) is 0. The third-order valence-corrected chi connectivity index (χ3v) is 4.92. The second-order valence-corrected chi connectivity index (χ2v) is 7.66. The summed E-state index contributed by atoms with van der Waals surface area (Å²) in [6.07, 6.45) is 4.49. The van der Waals surface area contributed by atoms with Crippen LogP contribution in [0.25, 0.3) is 0 Å². The smallest absolute Gasteiger partial charge is 0.136 e. The third kappa shape index (κ3) is 3.34. The van der Waals surface area contributed by atoms with Gasteiger partial charge < -0.3 is 10.3 Å². The Bertz CT molecular complexity index is 209. The van der Waals surface area contributed by atoms with Crippen molar-refractivity contribution >= 4 is 11.4 Å². The molecule has 1 saturated carbocycles. The topological polar surface area (TPSA) is 61.1 Å². The molecule has 15 heavy (non-hydrogen) atoms. The minimum absolute atomic E-state index is 0.125. The van der Waals surface area contributed by atoms with Gasteiger partial charge in [-0.15, -0.1) is 4.72 Å². The Labute approximate surface area is 96.5 Å². The Morgan fingerprint density at radius 3 is 2.20 bits per heavy atom. The second-order valence-electron chi connectivity index (χ2n) is 5.66. The highest BCUT2D eigenvalue weighted by Crippen LogP contribution is 2.31. The second kappa shape index (κ2) is 4.62. The molecule has 0 aromatic carbocycles. The van der Waals surface area contributed by atoms with Crippen LogP contribution >= 0.6 is 0 Å². The van der Waals surface area contributed by atoms with Gasteiger partial charge in [0.2, 0.25) is 0 Å². The molecule has 0 amide bonds. The Hall–Kier alpha value is 0.230. The Balaban J connectivity index is 2.51. The third-order valence-electron chi connectivity index (χ3n) is 3.24. The van der Waals surface area contributed by atoms with E-state index in [9.17, 15) is 4.55 Å². The fourth-order valence-electron chi connectivity index (χ4n) is 1.92. The molecule has 0 unspecified atom stereocenters. The molecule has 4 heteroatoms. The molecule has 1 aliphatic carbocycles. The van der Waals surface area contributed by atoms with Crippen LogP contribution in [0.4, 0.5) is 0 Å². The summed E-state index contributed by atoms with van der Waals surface area (Å²) < 4.78 is 14.8. The maximum absolute atomic E-state index is 11.9. The van der Waals surface area contributed by atoms with Crippen molar-refractivity contribution in [2.75, 3.05) is 0 Å². The fraction of sp³-hybridized carbons (Fsp3) is 1.00. The lowest BCUT2D eigenvalue weighted by molar-refractivity contribution is 0.345. The molecule has 0 heterocycles. The summed E-state index contributed by atoms with van der Waals surface area (Å²) in [5.41, 5.74) is 6.15. The lowest BCUT2D eigenvalue weighted by Gasteiger charge is -2.34. The summed E-state index contributed by atoms with van der Waals surface area (Å²) in [5.74, 6) is 0. The van der Waals surface area contributed by atoms with Crippen LogP contribution < -0.4 is 10.5 Å². The predicted molar refractivity (Wildman–Crippen MR) is 65.9 cm³/mol. The van der Waals surface area contributed by atoms with Crippen molar-refractivity contribution in [1.29, 1.82) is 0 Å². The average molecular weight is 232 g/mol. The van der Waals surface area contributed by atoms with Gasteiger partial charge in [0.05, 0.1) is 6.04 Å². The van der Waals surface area contributed by atoms with Gasteiger partial charge in [-0.1, -0.05) is 12.8 Å². The highest BCUT2D eigenvalue weighted by molar-refractivity contribution is 7.90. The van der Waals surface area contributed by atoms with E-state index in [1.54, 1.807) is 0 Å². The molecule has 3 N–H and O–H groups in total. The first kappa shape index (κ1) is 13.3. The molecule has 0 radical (unpaired) electrons. The van der Waals surface area contributed by atoms with Gasteiger partial charge in [0.25, 0.3) is 0 Å². The largest absolute Gasteiger partial charge is 0.598 e. The van der Waals surface area contributed by atoms with Crippen molar-refractivity contribution in [2.45, 2.75) is 69.7 Å². The first-order chi connectivity index (χ1) is 6.76. The molecular formula is C11H24N2OS. The molecule has 1 fully saturated rings. The molecule has 0 aromatic heterocycles. The minimum atomic E-state index is -1.02. The zero-order chi connectivity index (χ0) is 11.7. The number of hydrogen-bond acceptors (Lipinski definition) is 3. The first-order valence-corrected chi connectivity index (χ1v) is 6.88. The lowest BCUT2D eigenvalue weighted by Crippen LogP contribution is -2.57. The van der Waals surface area contributed by atoms with Gasteiger partial charge in [0, 0.05) is 16.9 Å². The van der Waals surface area contributed by atoms with Crippen LogP contribution in [0.5, 0.6) is 0 Å². The summed E-state index contributed by atoms with van der Waals surface area (Å²) >= 11 is -1.02. The summed E-state index contributed by atoms with van der Waals surface area (Å²) in [6.45, 7) is 7.97. The van der Waals surface area contributed by atoms with Crippen LogP contribution in [0.1, 0.15) is 53.4 Å². The van der Waals surface area contributed by atoms with Gasteiger partial charge >= 0.3 is 0 Å². The van der Waals surface area contributed by atoms with Crippen molar-refractivity contribution in [3.63, 3.8) is 0 Å². The van der Waals surface area contributed by atoms with E-state index in [1.165, 1.54) is 12.8 Å². The van der Waals surface area contributed by atoms with Crippen molar-refractivity contribution in [2.24, 2.45) is 5.73 Å². The van der Waals surface area contributed by atoms with Gasteiger partial charge in [-0.3, -0.25) is 0 Å². The standard InChI is InChI=1S/C11H24N2OS/c1-9(11(12)7-5-6-8-11)13-15(14)10(2,3)4/h9,13H,5-8,12H2,1-4H3/t9-,15+/m1/s1. The predicted octanol–water partition coefficient (Wildman–Crippen LogP) is 1.70. The van der Waals surface area contributed by atoms with Crippen LogP contribution in [0, 0.1) is 0 Å². The van der Waals surface area contributed by atoms with Gasteiger partial charge in [-0.2, -0.15) is 0 Å². The zero-order valence-electron chi connectivity index (χ0n) is 10.3. The monoisotopic (exact) mass is 232 g/mol. The van der Waals surface area contributed by atoms with Crippen LogP contribution in [0.15, 0.2) is 0 Å². The van der Waals surface area contributed by atoms with Crippen LogP contribution in [0.2, 0.25) is 0 Å². The molecule has 0 aromatic rings. The van der Waals surface area contributed by atoms with E-state index in [2.05, 4.69) is 11.6 Å². The number of nitrogens with one attached hydrogen (secondary N) is 1. The van der Waals surface area contributed by atoms with E-state index >= 15 is 0 Å². The number of nitrogens with two attached hydrogens (primary N) is 1. The van der Waals surface area contributed by atoms with E-state index in [4.69, 9.17) is 5.73 Å². The van der Waals surface area contributed by atoms with E-state index in [0.29, 0.717) is 0 Å². The van der Waals surface area contributed by atoms with Crippen molar-refractivity contribution in [1.82, 2.24) is 4.72 Å². The maximum Gasteiger partial charge on any atom is 0.136 e. The van der Waals surface area contributed by atoms with E-state index < -0.39 is 11.4 Å². The minimum Gasteiger partial charge on any atom is -0.598 e. The van der Waals surface area contributed by atoms with Gasteiger partial charge in [0.1, 0.15) is 4.75 Å². The molecular weight excluding hydrogens is 208 g/mol. The molecule has 2 atom stereocenters. The molecule has 0 saturated heterocycles. The summed E-state index contributed by atoms with van der Waals surface area (Å²) in [4.78, 5) is 0. The lowest BCUT2D eigenvalue weighted by atomic mass is 9.91. The molecule has 0 aliphatic heterocycles. The molecule has 1 rings (SSSR count). The number of rotatable bonds is 3. The Morgan fingerprint density at radius 2 is 1.80 bits per heavy atom. The quantitative estimate of drug-likeness (QED) is 0.728. The van der Waals surface area contributed by atoms with Gasteiger partial charge in [0.15, 0.2) is 0 Å². The van der Waals surface area contributed by atoms with Crippen molar-refractivity contribution in [3.05, 3.63) is 0 Å². The normalized spacial score (nSPS) is 25.2. The van der Waals surface area contributed by atoms with Crippen LogP contribution in [-0.4, -0.2) is 20.9 Å². The highest BCUT2D eigenvalue weighted by atomic mass is 32.2.